The van der Waals surface area contributed by atoms with Crippen LogP contribution in [-0.4, -0.2) is 51.3 Å². The number of hydrogen-bond donors (Lipinski definition) is 1. The van der Waals surface area contributed by atoms with E-state index in [1.807, 2.05) is 0 Å². The van der Waals surface area contributed by atoms with E-state index in [0.29, 0.717) is 11.8 Å². The molecule has 150 valence electrons. The zero-order valence-corrected chi connectivity index (χ0v) is 17.1. The summed E-state index contributed by atoms with van der Waals surface area (Å²) in [5.41, 5.74) is 0.195. The number of esters is 1. The number of carbonyl (C=O) groups is 2. The smallest absolute Gasteiger partial charge is 0.338 e. The minimum absolute atomic E-state index is 0.0854. The average Bonchev–Trinajstić information content (AvgIpc) is 2.63. The van der Waals surface area contributed by atoms with Crippen molar-refractivity contribution < 1.29 is 22.7 Å². The van der Waals surface area contributed by atoms with Crippen LogP contribution < -0.4 is 5.32 Å². The number of ether oxygens (including phenoxy) is 1. The van der Waals surface area contributed by atoms with E-state index in [2.05, 4.69) is 19.2 Å². The second-order valence-electron chi connectivity index (χ2n) is 7.33. The van der Waals surface area contributed by atoms with Crippen molar-refractivity contribution in [2.24, 2.45) is 11.8 Å². The first-order chi connectivity index (χ1) is 12.6. The molecule has 0 spiro atoms. The topological polar surface area (TPSA) is 92.8 Å². The van der Waals surface area contributed by atoms with Crippen molar-refractivity contribution in [3.05, 3.63) is 29.8 Å². The maximum Gasteiger partial charge on any atom is 0.338 e. The Morgan fingerprint density at radius 3 is 2.37 bits per heavy atom. The molecule has 1 N–H and O–H groups in total. The molecule has 1 fully saturated rings. The number of amides is 1. The second kappa shape index (κ2) is 8.84. The fourth-order valence-corrected chi connectivity index (χ4v) is 4.12. The van der Waals surface area contributed by atoms with Crippen LogP contribution in [0.5, 0.6) is 0 Å². The summed E-state index contributed by atoms with van der Waals surface area (Å²) < 4.78 is 30.2. The molecule has 1 aliphatic carbocycles. The minimum Gasteiger partial charge on any atom is -0.452 e. The number of nitrogens with one attached hydrogen (secondary N) is 1. The van der Waals surface area contributed by atoms with Crippen molar-refractivity contribution in [2.45, 2.75) is 44.0 Å². The molecule has 1 saturated carbocycles. The molecule has 0 aromatic heterocycles. The van der Waals surface area contributed by atoms with Gasteiger partial charge in [-0.3, -0.25) is 4.79 Å². The van der Waals surface area contributed by atoms with Crippen molar-refractivity contribution >= 4 is 21.9 Å². The standard InChI is InChI=1S/C19H28N2O5S/c1-13-6-5-7-17(14(13)2)20-18(22)12-26-19(23)15-8-10-16(11-9-15)27(24,25)21(3)4/h8-11,13-14,17H,5-7,12H2,1-4H3,(H,20,22)/t13-,14-,17-/m1/s1. The van der Waals surface area contributed by atoms with E-state index < -0.39 is 16.0 Å². The van der Waals surface area contributed by atoms with E-state index in [9.17, 15) is 18.0 Å². The first-order valence-corrected chi connectivity index (χ1v) is 10.6. The third-order valence-electron chi connectivity index (χ3n) is 5.26. The lowest BCUT2D eigenvalue weighted by Crippen LogP contribution is -2.45. The fourth-order valence-electron chi connectivity index (χ4n) is 3.22. The highest BCUT2D eigenvalue weighted by molar-refractivity contribution is 7.89. The highest BCUT2D eigenvalue weighted by Crippen LogP contribution is 2.29. The molecule has 2 rings (SSSR count). The van der Waals surface area contributed by atoms with Gasteiger partial charge in [0.15, 0.2) is 6.61 Å². The Balaban J connectivity index is 1.89. The number of benzene rings is 1. The zero-order chi connectivity index (χ0) is 20.2. The van der Waals surface area contributed by atoms with Gasteiger partial charge >= 0.3 is 5.97 Å². The van der Waals surface area contributed by atoms with Crippen LogP contribution in [0, 0.1) is 11.8 Å². The van der Waals surface area contributed by atoms with Gasteiger partial charge in [0.2, 0.25) is 10.0 Å². The summed E-state index contributed by atoms with van der Waals surface area (Å²) in [6.45, 7) is 3.96. The number of nitrogens with zero attached hydrogens (tertiary/aromatic N) is 1. The molecular formula is C19H28N2O5S. The molecule has 3 atom stereocenters. The van der Waals surface area contributed by atoms with Gasteiger partial charge in [0.1, 0.15) is 0 Å². The van der Waals surface area contributed by atoms with Crippen molar-refractivity contribution in [3.8, 4) is 0 Å². The van der Waals surface area contributed by atoms with Crippen LogP contribution in [-0.2, 0) is 19.6 Å². The minimum atomic E-state index is -3.55. The van der Waals surface area contributed by atoms with E-state index >= 15 is 0 Å². The number of sulfonamides is 1. The van der Waals surface area contributed by atoms with Gasteiger partial charge in [-0.15, -0.1) is 0 Å². The van der Waals surface area contributed by atoms with Crippen LogP contribution in [0.4, 0.5) is 0 Å². The van der Waals surface area contributed by atoms with Gasteiger partial charge < -0.3 is 10.1 Å². The van der Waals surface area contributed by atoms with Crippen LogP contribution in [0.3, 0.4) is 0 Å². The van der Waals surface area contributed by atoms with Crippen LogP contribution in [0.2, 0.25) is 0 Å². The molecule has 0 aliphatic heterocycles. The normalized spacial score (nSPS) is 23.1. The lowest BCUT2D eigenvalue weighted by atomic mass is 9.78. The van der Waals surface area contributed by atoms with Crippen molar-refractivity contribution in [1.82, 2.24) is 9.62 Å². The van der Waals surface area contributed by atoms with E-state index in [0.717, 1.165) is 17.1 Å². The average molecular weight is 397 g/mol. The third kappa shape index (κ3) is 5.29. The summed E-state index contributed by atoms with van der Waals surface area (Å²) in [6, 6.07) is 5.55. The molecule has 1 aliphatic rings. The largest absolute Gasteiger partial charge is 0.452 e. The summed E-state index contributed by atoms with van der Waals surface area (Å²) in [5, 5.41) is 2.95. The molecule has 0 heterocycles. The first kappa shape index (κ1) is 21.4. The van der Waals surface area contributed by atoms with Gasteiger partial charge in [-0.2, -0.15) is 0 Å². The number of carbonyl (C=O) groups excluding carboxylic acids is 2. The lowest BCUT2D eigenvalue weighted by Gasteiger charge is -2.34. The maximum atomic E-state index is 12.1. The van der Waals surface area contributed by atoms with Gasteiger partial charge in [0.05, 0.1) is 10.5 Å². The molecule has 0 radical (unpaired) electrons. The third-order valence-corrected chi connectivity index (χ3v) is 7.09. The Kier molecular flexibility index (Phi) is 7.00. The summed E-state index contributed by atoms with van der Waals surface area (Å²) >= 11 is 0. The van der Waals surface area contributed by atoms with Gasteiger partial charge in [0.25, 0.3) is 5.91 Å². The maximum absolute atomic E-state index is 12.1. The second-order valence-corrected chi connectivity index (χ2v) is 9.48. The van der Waals surface area contributed by atoms with E-state index in [4.69, 9.17) is 4.74 Å². The van der Waals surface area contributed by atoms with Crippen molar-refractivity contribution in [3.63, 3.8) is 0 Å². The highest BCUT2D eigenvalue weighted by Gasteiger charge is 2.28. The SMILES string of the molecule is C[C@@H]1[C@H](C)CCC[C@H]1NC(=O)COC(=O)c1ccc(S(=O)(=O)N(C)C)cc1. The van der Waals surface area contributed by atoms with Crippen LogP contribution >= 0.6 is 0 Å². The van der Waals surface area contributed by atoms with Crippen molar-refractivity contribution in [2.75, 3.05) is 20.7 Å². The Labute approximate surface area is 161 Å². The van der Waals surface area contributed by atoms with E-state index in [1.54, 1.807) is 0 Å². The van der Waals surface area contributed by atoms with Gasteiger partial charge in [-0.1, -0.05) is 26.7 Å². The van der Waals surface area contributed by atoms with Crippen molar-refractivity contribution in [1.29, 1.82) is 0 Å². The predicted octanol–water partition coefficient (Wildman–Crippen LogP) is 2.03. The van der Waals surface area contributed by atoms with Gasteiger partial charge in [0, 0.05) is 20.1 Å². The van der Waals surface area contributed by atoms with Crippen LogP contribution in [0.25, 0.3) is 0 Å². The summed E-state index contributed by atoms with van der Waals surface area (Å²) in [4.78, 5) is 24.3. The molecule has 0 unspecified atom stereocenters. The molecule has 8 heteroatoms. The molecule has 0 bridgehead atoms. The Morgan fingerprint density at radius 1 is 1.15 bits per heavy atom. The van der Waals surface area contributed by atoms with Gasteiger partial charge in [-0.05, 0) is 42.5 Å². The summed E-state index contributed by atoms with van der Waals surface area (Å²) in [5.74, 6) is -0.0294. The Morgan fingerprint density at radius 2 is 1.78 bits per heavy atom. The summed E-state index contributed by atoms with van der Waals surface area (Å²) in [6.07, 6.45) is 3.19. The van der Waals surface area contributed by atoms with Crippen LogP contribution in [0.15, 0.2) is 29.2 Å². The quantitative estimate of drug-likeness (QED) is 0.743. The van der Waals surface area contributed by atoms with E-state index in [-0.39, 0.29) is 29.0 Å². The fraction of sp³-hybridized carbons (Fsp3) is 0.579. The highest BCUT2D eigenvalue weighted by atomic mass is 32.2. The molecule has 27 heavy (non-hydrogen) atoms. The number of rotatable bonds is 6. The lowest BCUT2D eigenvalue weighted by molar-refractivity contribution is -0.125. The van der Waals surface area contributed by atoms with Gasteiger partial charge in [-0.25, -0.2) is 17.5 Å². The summed E-state index contributed by atoms with van der Waals surface area (Å²) in [7, 11) is -0.685. The monoisotopic (exact) mass is 396 g/mol. The molecular weight excluding hydrogens is 368 g/mol. The predicted molar refractivity (Wildman–Crippen MR) is 102 cm³/mol. The molecule has 1 aromatic carbocycles. The Hall–Kier alpha value is -1.93. The zero-order valence-electron chi connectivity index (χ0n) is 16.3. The number of hydrogen-bond acceptors (Lipinski definition) is 5. The molecule has 1 amide bonds. The van der Waals surface area contributed by atoms with Crippen LogP contribution in [0.1, 0.15) is 43.5 Å². The molecule has 0 saturated heterocycles. The first-order valence-electron chi connectivity index (χ1n) is 9.12. The molecule has 7 nitrogen and oxygen atoms in total. The Bertz CT molecular complexity index is 774. The van der Waals surface area contributed by atoms with E-state index in [1.165, 1.54) is 44.8 Å². The molecule has 1 aromatic rings.